The molecule has 23 heavy (non-hydrogen) atoms. The first-order chi connectivity index (χ1) is 11.3. The lowest BCUT2D eigenvalue weighted by molar-refractivity contribution is 0.104. The van der Waals surface area contributed by atoms with Gasteiger partial charge in [0.05, 0.1) is 6.61 Å². The largest absolute Gasteiger partial charge is 0.449 e. The number of aromatic amines is 1. The fourth-order valence-corrected chi connectivity index (χ4v) is 2.90. The Morgan fingerprint density at radius 2 is 2.35 bits per heavy atom. The van der Waals surface area contributed by atoms with Crippen LogP contribution < -0.4 is 0 Å². The number of nitrogens with zero attached hydrogens (tertiary/aromatic N) is 2. The Balaban J connectivity index is 1.61. The number of hydrogen-bond acceptors (Lipinski definition) is 3. The molecule has 122 valence electrons. The maximum Gasteiger partial charge on any atom is 0.410 e. The van der Waals surface area contributed by atoms with Crippen molar-refractivity contribution in [3.8, 4) is 0 Å². The van der Waals surface area contributed by atoms with Crippen molar-refractivity contribution in [1.29, 1.82) is 0 Å². The van der Waals surface area contributed by atoms with Gasteiger partial charge in [0.15, 0.2) is 0 Å². The maximum atomic E-state index is 12.0. The summed E-state index contributed by atoms with van der Waals surface area (Å²) in [5.74, 6) is 0. The molecule has 0 saturated carbocycles. The molecular weight excluding hydrogens is 290 g/mol. The van der Waals surface area contributed by atoms with Gasteiger partial charge in [-0.2, -0.15) is 0 Å². The highest BCUT2D eigenvalue weighted by Gasteiger charge is 2.20. The molecule has 3 heterocycles. The zero-order chi connectivity index (χ0) is 16.1. The first-order valence-electron chi connectivity index (χ1n) is 8.33. The molecule has 0 aromatic carbocycles. The minimum atomic E-state index is -0.197. The molecule has 2 aromatic heterocycles. The maximum absolute atomic E-state index is 12.0. The number of H-pyrrole nitrogens is 1. The van der Waals surface area contributed by atoms with E-state index in [0.29, 0.717) is 19.7 Å². The van der Waals surface area contributed by atoms with E-state index in [1.807, 2.05) is 12.3 Å². The smallest absolute Gasteiger partial charge is 0.410 e. The number of fused-ring (bicyclic) bond motifs is 1. The molecule has 5 nitrogen and oxygen atoms in total. The number of carbonyl (C=O) groups is 1. The van der Waals surface area contributed by atoms with Crippen LogP contribution in [0.15, 0.2) is 30.6 Å². The Kier molecular flexibility index (Phi) is 4.95. The van der Waals surface area contributed by atoms with Gasteiger partial charge in [-0.05, 0) is 30.5 Å². The molecule has 2 aromatic rings. The Morgan fingerprint density at radius 3 is 3.13 bits per heavy atom. The van der Waals surface area contributed by atoms with Crippen LogP contribution in [0.25, 0.3) is 16.6 Å². The predicted molar refractivity (Wildman–Crippen MR) is 91.1 cm³/mol. The highest BCUT2D eigenvalue weighted by molar-refractivity contribution is 5.91. The number of carbonyl (C=O) groups excluding carboxylic acids is 1. The Bertz CT molecular complexity index is 705. The number of aromatic nitrogens is 2. The molecule has 1 aliphatic rings. The van der Waals surface area contributed by atoms with Gasteiger partial charge in [0.1, 0.15) is 5.65 Å². The topological polar surface area (TPSA) is 58.2 Å². The second-order valence-electron chi connectivity index (χ2n) is 5.85. The van der Waals surface area contributed by atoms with Gasteiger partial charge in [-0.15, -0.1) is 0 Å². The molecule has 0 fully saturated rings. The van der Waals surface area contributed by atoms with Crippen molar-refractivity contribution in [1.82, 2.24) is 14.9 Å². The van der Waals surface area contributed by atoms with E-state index in [1.165, 1.54) is 11.1 Å². The Hall–Kier alpha value is -2.30. The summed E-state index contributed by atoms with van der Waals surface area (Å²) in [5.41, 5.74) is 3.35. The number of nitrogens with one attached hydrogen (secondary N) is 1. The van der Waals surface area contributed by atoms with Gasteiger partial charge in [-0.25, -0.2) is 9.78 Å². The number of ether oxygens (including phenoxy) is 1. The SMILES string of the molecule is CCCCCOC(=O)N1CC=C(c2c[nH]c3ncccc23)CC1. The molecule has 3 rings (SSSR count). The summed E-state index contributed by atoms with van der Waals surface area (Å²) in [7, 11) is 0. The number of unbranched alkanes of at least 4 members (excludes halogenated alkanes) is 2. The van der Waals surface area contributed by atoms with Crippen LogP contribution in [-0.4, -0.2) is 40.7 Å². The van der Waals surface area contributed by atoms with E-state index >= 15 is 0 Å². The van der Waals surface area contributed by atoms with E-state index in [4.69, 9.17) is 4.74 Å². The van der Waals surface area contributed by atoms with E-state index in [1.54, 1.807) is 11.1 Å². The minimum absolute atomic E-state index is 0.197. The molecule has 0 radical (unpaired) electrons. The van der Waals surface area contributed by atoms with E-state index in [2.05, 4.69) is 29.0 Å². The van der Waals surface area contributed by atoms with Gasteiger partial charge in [0.25, 0.3) is 0 Å². The first-order valence-corrected chi connectivity index (χ1v) is 8.33. The van der Waals surface area contributed by atoms with Crippen molar-refractivity contribution >= 4 is 22.7 Å². The van der Waals surface area contributed by atoms with Crippen LogP contribution in [0.2, 0.25) is 0 Å². The zero-order valence-corrected chi connectivity index (χ0v) is 13.5. The molecule has 1 N–H and O–H groups in total. The summed E-state index contributed by atoms with van der Waals surface area (Å²) in [6.45, 7) is 3.97. The fraction of sp³-hybridized carbons (Fsp3) is 0.444. The third kappa shape index (κ3) is 3.55. The van der Waals surface area contributed by atoms with Crippen LogP contribution in [0.5, 0.6) is 0 Å². The molecule has 5 heteroatoms. The van der Waals surface area contributed by atoms with Gasteiger partial charge in [-0.1, -0.05) is 25.8 Å². The van der Waals surface area contributed by atoms with Gasteiger partial charge in [0, 0.05) is 36.4 Å². The number of hydrogen-bond donors (Lipinski definition) is 1. The van der Waals surface area contributed by atoms with Crippen molar-refractivity contribution in [2.75, 3.05) is 19.7 Å². The van der Waals surface area contributed by atoms with Crippen LogP contribution in [-0.2, 0) is 4.74 Å². The minimum Gasteiger partial charge on any atom is -0.449 e. The Morgan fingerprint density at radius 1 is 1.43 bits per heavy atom. The molecule has 0 spiro atoms. The van der Waals surface area contributed by atoms with Crippen molar-refractivity contribution in [2.45, 2.75) is 32.6 Å². The van der Waals surface area contributed by atoms with Crippen molar-refractivity contribution in [3.63, 3.8) is 0 Å². The van der Waals surface area contributed by atoms with Crippen molar-refractivity contribution in [3.05, 3.63) is 36.2 Å². The molecule has 0 aliphatic carbocycles. The van der Waals surface area contributed by atoms with Crippen LogP contribution in [0.4, 0.5) is 4.79 Å². The quantitative estimate of drug-likeness (QED) is 0.849. The molecular formula is C18H23N3O2. The van der Waals surface area contributed by atoms with Gasteiger partial charge in [-0.3, -0.25) is 0 Å². The van der Waals surface area contributed by atoms with E-state index in [-0.39, 0.29) is 6.09 Å². The molecule has 0 atom stereocenters. The third-order valence-corrected chi connectivity index (χ3v) is 4.24. The summed E-state index contributed by atoms with van der Waals surface area (Å²) in [6, 6.07) is 4.02. The van der Waals surface area contributed by atoms with Crippen molar-refractivity contribution in [2.24, 2.45) is 0 Å². The van der Waals surface area contributed by atoms with Crippen LogP contribution in [0.1, 0.15) is 38.2 Å². The number of amides is 1. The summed E-state index contributed by atoms with van der Waals surface area (Å²) in [5, 5.41) is 1.13. The summed E-state index contributed by atoms with van der Waals surface area (Å²) in [6.07, 6.45) is 9.73. The monoisotopic (exact) mass is 313 g/mol. The normalized spacial score (nSPS) is 14.8. The van der Waals surface area contributed by atoms with Crippen LogP contribution in [0, 0.1) is 0 Å². The second-order valence-corrected chi connectivity index (χ2v) is 5.85. The molecule has 0 saturated heterocycles. The molecule has 1 aliphatic heterocycles. The van der Waals surface area contributed by atoms with Gasteiger partial charge < -0.3 is 14.6 Å². The molecule has 0 bridgehead atoms. The standard InChI is InChI=1S/C18H23N3O2/c1-2-3-4-12-23-18(22)21-10-7-14(8-11-21)16-13-20-17-15(16)6-5-9-19-17/h5-7,9,13H,2-4,8,10-12H2,1H3,(H,19,20). The highest BCUT2D eigenvalue weighted by atomic mass is 16.6. The van der Waals surface area contributed by atoms with E-state index < -0.39 is 0 Å². The summed E-state index contributed by atoms with van der Waals surface area (Å²) in [4.78, 5) is 21.3. The fourth-order valence-electron chi connectivity index (χ4n) is 2.90. The second kappa shape index (κ2) is 7.31. The summed E-state index contributed by atoms with van der Waals surface area (Å²) >= 11 is 0. The predicted octanol–water partition coefficient (Wildman–Crippen LogP) is 3.98. The zero-order valence-electron chi connectivity index (χ0n) is 13.5. The third-order valence-electron chi connectivity index (χ3n) is 4.24. The Labute approximate surface area is 136 Å². The lowest BCUT2D eigenvalue weighted by Crippen LogP contribution is -2.35. The number of pyridine rings is 1. The van der Waals surface area contributed by atoms with E-state index in [0.717, 1.165) is 36.7 Å². The lowest BCUT2D eigenvalue weighted by Gasteiger charge is -2.25. The molecule has 1 amide bonds. The van der Waals surface area contributed by atoms with Crippen molar-refractivity contribution < 1.29 is 9.53 Å². The van der Waals surface area contributed by atoms with E-state index in [9.17, 15) is 4.79 Å². The number of rotatable bonds is 5. The lowest BCUT2D eigenvalue weighted by atomic mass is 10.00. The van der Waals surface area contributed by atoms with Gasteiger partial charge >= 0.3 is 6.09 Å². The van der Waals surface area contributed by atoms with Gasteiger partial charge in [0.2, 0.25) is 0 Å². The van der Waals surface area contributed by atoms with Crippen LogP contribution in [0.3, 0.4) is 0 Å². The average Bonchev–Trinajstić information content (AvgIpc) is 3.03. The summed E-state index contributed by atoms with van der Waals surface area (Å²) < 4.78 is 5.32. The average molecular weight is 313 g/mol. The molecule has 0 unspecified atom stereocenters. The van der Waals surface area contributed by atoms with Crippen LogP contribution >= 0.6 is 0 Å². The first kappa shape index (κ1) is 15.6. The highest BCUT2D eigenvalue weighted by Crippen LogP contribution is 2.28.